The van der Waals surface area contributed by atoms with E-state index in [2.05, 4.69) is 72.9 Å². The van der Waals surface area contributed by atoms with Crippen molar-refractivity contribution in [2.75, 3.05) is 30.8 Å². The molecule has 240 valence electrons. The molecule has 43 heavy (non-hydrogen) atoms. The maximum absolute atomic E-state index is 6.39. The number of halogens is 2. The molecular formula is C36H55Cl2NP2RuS+2. The predicted octanol–water partition coefficient (Wildman–Crippen LogP) is 10.7. The first-order chi connectivity index (χ1) is 20.6. The fourth-order valence-electron chi connectivity index (χ4n) is 7.20. The number of thioether (sulfide) groups is 1. The van der Waals surface area contributed by atoms with Gasteiger partial charge < -0.3 is 5.32 Å². The van der Waals surface area contributed by atoms with Crippen molar-refractivity contribution in [3.05, 3.63) is 60.7 Å². The quantitative estimate of drug-likeness (QED) is 0.0999. The minimum Gasteiger partial charge on any atom is -0.316 e. The van der Waals surface area contributed by atoms with Crippen LogP contribution in [0.15, 0.2) is 60.7 Å². The number of hydrogen-bond acceptors (Lipinski definition) is 2. The summed E-state index contributed by atoms with van der Waals surface area (Å²) in [6.07, 6.45) is 21.0. The molecule has 1 nitrogen and oxygen atoms in total. The van der Waals surface area contributed by atoms with E-state index >= 15 is 0 Å². The molecule has 2 aromatic rings. The molecule has 0 amide bonds. The van der Waals surface area contributed by atoms with Crippen LogP contribution in [0.5, 0.6) is 0 Å². The second-order valence-electron chi connectivity index (χ2n) is 12.4. The Morgan fingerprint density at radius 1 is 0.698 bits per heavy atom. The van der Waals surface area contributed by atoms with Gasteiger partial charge in [0, 0.05) is 12.3 Å². The van der Waals surface area contributed by atoms with Crippen LogP contribution in [0.3, 0.4) is 0 Å². The standard InChI is InChI=1S/C18H31Cl2P.C18H24NPS.Ru/c19-18(20)13-11-17(12-14-18)21(15-7-3-1-4-8-15)16-9-5-2-6-10-16;1-2-21-16-14-19-13-15-20(17-9-5-3-6-10-17)18-11-7-4-8-12-18;/h15-17H,1-14H2;3-12,19H,2,13-16H2,1H3;/q;;+2. The smallest absolute Gasteiger partial charge is 0.316 e. The maximum atomic E-state index is 6.39. The third-order valence-electron chi connectivity index (χ3n) is 9.38. The third kappa shape index (κ3) is 13.5. The van der Waals surface area contributed by atoms with E-state index in [1.807, 2.05) is 11.8 Å². The van der Waals surface area contributed by atoms with Gasteiger partial charge in [0.2, 0.25) is 0 Å². The Kier molecular flexibility index (Phi) is 19.3. The van der Waals surface area contributed by atoms with Crippen molar-refractivity contribution in [1.82, 2.24) is 5.32 Å². The van der Waals surface area contributed by atoms with E-state index in [0.717, 1.165) is 42.9 Å². The summed E-state index contributed by atoms with van der Waals surface area (Å²) in [6.45, 7) is 4.43. The first-order valence-electron chi connectivity index (χ1n) is 16.9. The molecule has 0 heterocycles. The van der Waals surface area contributed by atoms with E-state index in [1.54, 1.807) is 0 Å². The monoisotopic (exact) mass is 767 g/mol. The van der Waals surface area contributed by atoms with Crippen molar-refractivity contribution < 1.29 is 19.5 Å². The van der Waals surface area contributed by atoms with Crippen LogP contribution in [-0.4, -0.2) is 52.1 Å². The van der Waals surface area contributed by atoms with E-state index < -0.39 is 4.33 Å². The van der Waals surface area contributed by atoms with Gasteiger partial charge in [0.25, 0.3) is 0 Å². The summed E-state index contributed by atoms with van der Waals surface area (Å²) in [5, 5.41) is 6.54. The number of hydrogen-bond donors (Lipinski definition) is 1. The van der Waals surface area contributed by atoms with Gasteiger partial charge in [0.05, 0.1) is 0 Å². The van der Waals surface area contributed by atoms with Gasteiger partial charge in [0.1, 0.15) is 4.33 Å². The first-order valence-corrected chi connectivity index (χ1v) is 21.9. The molecule has 0 unspecified atom stereocenters. The van der Waals surface area contributed by atoms with Gasteiger partial charge in [-0.15, -0.1) is 23.2 Å². The average molecular weight is 768 g/mol. The SMILES string of the molecule is CCSCCNCCP(c1ccccc1)c1ccccc1.ClC1(Cl)CCC(P(C2CCCCC2)C2CCCCC2)CC1.[Ru+2]. The Bertz CT molecular complexity index is 906. The molecule has 0 radical (unpaired) electrons. The topological polar surface area (TPSA) is 12.0 Å². The summed E-state index contributed by atoms with van der Waals surface area (Å²) < 4.78 is -0.406. The van der Waals surface area contributed by atoms with Crippen molar-refractivity contribution in [2.24, 2.45) is 0 Å². The Balaban J connectivity index is 0.000000230. The van der Waals surface area contributed by atoms with Gasteiger partial charge in [-0.25, -0.2) is 0 Å². The maximum Gasteiger partial charge on any atom is 2.00 e. The second kappa shape index (κ2) is 21.6. The Morgan fingerprint density at radius 3 is 1.63 bits per heavy atom. The fraction of sp³-hybridized carbons (Fsp3) is 0.667. The Hall–Kier alpha value is 0.813. The van der Waals surface area contributed by atoms with E-state index in [0.29, 0.717) is 0 Å². The molecule has 0 atom stereocenters. The molecule has 3 fully saturated rings. The average Bonchev–Trinajstić information content (AvgIpc) is 3.04. The van der Waals surface area contributed by atoms with Crippen molar-refractivity contribution in [3.8, 4) is 0 Å². The van der Waals surface area contributed by atoms with Crippen LogP contribution in [0.1, 0.15) is 96.8 Å². The zero-order valence-corrected chi connectivity index (χ0v) is 32.2. The fourth-order valence-corrected chi connectivity index (χ4v) is 15.0. The van der Waals surface area contributed by atoms with Crippen LogP contribution in [0.4, 0.5) is 0 Å². The van der Waals surface area contributed by atoms with Crippen molar-refractivity contribution >= 4 is 61.4 Å². The molecular weight excluding hydrogens is 712 g/mol. The summed E-state index contributed by atoms with van der Waals surface area (Å²) in [4.78, 5) is 0. The predicted molar refractivity (Wildman–Crippen MR) is 197 cm³/mol. The van der Waals surface area contributed by atoms with Gasteiger partial charge in [-0.05, 0) is 105 Å². The van der Waals surface area contributed by atoms with Crippen molar-refractivity contribution in [2.45, 2.75) is 118 Å². The molecule has 0 spiro atoms. The molecule has 7 heteroatoms. The molecule has 2 aromatic carbocycles. The number of nitrogens with one attached hydrogen (secondary N) is 1. The van der Waals surface area contributed by atoms with Gasteiger partial charge >= 0.3 is 19.5 Å². The first kappa shape index (κ1) is 38.3. The molecule has 0 saturated heterocycles. The molecule has 5 rings (SSSR count). The summed E-state index contributed by atoms with van der Waals surface area (Å²) in [6, 6.07) is 21.9. The molecule has 0 bridgehead atoms. The summed E-state index contributed by atoms with van der Waals surface area (Å²) in [5.74, 6) is 2.42. The number of alkyl halides is 2. The molecule has 1 N–H and O–H groups in total. The largest absolute Gasteiger partial charge is 2.00 e. The molecule has 0 aromatic heterocycles. The second-order valence-corrected chi connectivity index (χ2v) is 20.8. The van der Waals surface area contributed by atoms with Gasteiger partial charge in [0.15, 0.2) is 0 Å². The van der Waals surface area contributed by atoms with Crippen LogP contribution in [0.2, 0.25) is 0 Å². The van der Waals surface area contributed by atoms with E-state index in [4.69, 9.17) is 23.2 Å². The Labute approximate surface area is 293 Å². The van der Waals surface area contributed by atoms with Crippen molar-refractivity contribution in [1.29, 1.82) is 0 Å². The van der Waals surface area contributed by atoms with Crippen LogP contribution >= 0.6 is 50.8 Å². The number of rotatable bonds is 12. The molecule has 0 aliphatic heterocycles. The van der Waals surface area contributed by atoms with E-state index in [9.17, 15) is 0 Å². The summed E-state index contributed by atoms with van der Waals surface area (Å²) in [5.41, 5.74) is 3.15. The van der Waals surface area contributed by atoms with Gasteiger partial charge in [-0.3, -0.25) is 0 Å². The van der Waals surface area contributed by atoms with Crippen LogP contribution in [0.25, 0.3) is 0 Å². The summed E-state index contributed by atoms with van der Waals surface area (Å²) in [7, 11) is -0.0186. The van der Waals surface area contributed by atoms with Crippen LogP contribution in [0, 0.1) is 0 Å². The summed E-state index contributed by atoms with van der Waals surface area (Å²) >= 11 is 14.8. The molecule has 3 aliphatic rings. The molecule has 3 saturated carbocycles. The Morgan fingerprint density at radius 2 is 1.16 bits per heavy atom. The zero-order chi connectivity index (χ0) is 29.5. The van der Waals surface area contributed by atoms with Crippen molar-refractivity contribution in [3.63, 3.8) is 0 Å². The van der Waals surface area contributed by atoms with E-state index in [1.165, 1.54) is 105 Å². The number of benzene rings is 2. The van der Waals surface area contributed by atoms with E-state index in [-0.39, 0.29) is 35.3 Å². The van der Waals surface area contributed by atoms with Gasteiger partial charge in [-0.2, -0.15) is 11.8 Å². The van der Waals surface area contributed by atoms with Crippen LogP contribution in [-0.2, 0) is 19.5 Å². The molecule has 3 aliphatic carbocycles. The third-order valence-corrected chi connectivity index (χ3v) is 17.6. The zero-order valence-electron chi connectivity index (χ0n) is 26.4. The minimum absolute atomic E-state index is 0. The normalized spacial score (nSPS) is 19.9. The van der Waals surface area contributed by atoms with Crippen LogP contribution < -0.4 is 15.9 Å². The van der Waals surface area contributed by atoms with Gasteiger partial charge in [-0.1, -0.05) is 114 Å². The minimum atomic E-state index is -0.406.